The maximum absolute atomic E-state index is 13.2. The van der Waals surface area contributed by atoms with Crippen molar-refractivity contribution in [2.24, 2.45) is 0 Å². The normalized spacial score (nSPS) is 10.3. The van der Waals surface area contributed by atoms with Gasteiger partial charge in [-0.2, -0.15) is 0 Å². The van der Waals surface area contributed by atoms with Crippen molar-refractivity contribution in [3.8, 4) is 11.3 Å². The van der Waals surface area contributed by atoms with Gasteiger partial charge in [-0.15, -0.1) is 0 Å². The SMILES string of the molecule is O=C(NCc1cccnc1-c1cccnc1)c1cccc(F)c1. The third-order valence-corrected chi connectivity index (χ3v) is 3.35. The zero-order valence-electron chi connectivity index (χ0n) is 12.2. The van der Waals surface area contributed by atoms with Crippen molar-refractivity contribution in [3.05, 3.63) is 84.1 Å². The molecule has 2 aromatic heterocycles. The van der Waals surface area contributed by atoms with Crippen LogP contribution in [0.15, 0.2) is 67.1 Å². The van der Waals surface area contributed by atoms with E-state index in [1.807, 2.05) is 24.3 Å². The van der Waals surface area contributed by atoms with Crippen LogP contribution in [0.25, 0.3) is 11.3 Å². The van der Waals surface area contributed by atoms with Gasteiger partial charge in [0.05, 0.1) is 5.69 Å². The molecule has 1 amide bonds. The number of carbonyl (C=O) groups excluding carboxylic acids is 1. The van der Waals surface area contributed by atoms with Crippen molar-refractivity contribution in [2.75, 3.05) is 0 Å². The topological polar surface area (TPSA) is 54.9 Å². The van der Waals surface area contributed by atoms with E-state index in [-0.39, 0.29) is 11.5 Å². The van der Waals surface area contributed by atoms with Crippen LogP contribution < -0.4 is 5.32 Å². The summed E-state index contributed by atoms with van der Waals surface area (Å²) >= 11 is 0. The number of hydrogen-bond donors (Lipinski definition) is 1. The van der Waals surface area contributed by atoms with Gasteiger partial charge in [-0.3, -0.25) is 14.8 Å². The van der Waals surface area contributed by atoms with Gasteiger partial charge in [-0.05, 0) is 42.0 Å². The Morgan fingerprint density at radius 3 is 2.74 bits per heavy atom. The van der Waals surface area contributed by atoms with Gasteiger partial charge >= 0.3 is 0 Å². The van der Waals surface area contributed by atoms with E-state index in [4.69, 9.17) is 0 Å². The van der Waals surface area contributed by atoms with Crippen LogP contribution in [0.5, 0.6) is 0 Å². The molecule has 4 nitrogen and oxygen atoms in total. The average molecular weight is 307 g/mol. The molecule has 5 heteroatoms. The van der Waals surface area contributed by atoms with E-state index in [1.165, 1.54) is 18.2 Å². The van der Waals surface area contributed by atoms with Gasteiger partial charge in [0, 0.05) is 36.3 Å². The molecule has 0 radical (unpaired) electrons. The number of nitrogens with zero attached hydrogens (tertiary/aromatic N) is 2. The minimum Gasteiger partial charge on any atom is -0.348 e. The molecule has 0 aliphatic heterocycles. The molecule has 0 bridgehead atoms. The molecule has 0 saturated carbocycles. The fourth-order valence-corrected chi connectivity index (χ4v) is 2.25. The highest BCUT2D eigenvalue weighted by molar-refractivity contribution is 5.94. The highest BCUT2D eigenvalue weighted by Gasteiger charge is 2.10. The van der Waals surface area contributed by atoms with E-state index >= 15 is 0 Å². The maximum Gasteiger partial charge on any atom is 0.251 e. The van der Waals surface area contributed by atoms with Crippen molar-refractivity contribution < 1.29 is 9.18 Å². The Morgan fingerprint density at radius 1 is 1.09 bits per heavy atom. The molecule has 0 aliphatic carbocycles. The fraction of sp³-hybridized carbons (Fsp3) is 0.0556. The Labute approximate surface area is 133 Å². The molecule has 0 fully saturated rings. The molecular formula is C18H14FN3O. The van der Waals surface area contributed by atoms with Crippen LogP contribution in [0.4, 0.5) is 4.39 Å². The van der Waals surface area contributed by atoms with E-state index in [9.17, 15) is 9.18 Å². The monoisotopic (exact) mass is 307 g/mol. The number of carbonyl (C=O) groups is 1. The Balaban J connectivity index is 1.78. The van der Waals surface area contributed by atoms with E-state index < -0.39 is 5.82 Å². The summed E-state index contributed by atoms with van der Waals surface area (Å²) in [6.07, 6.45) is 5.11. The first-order valence-corrected chi connectivity index (χ1v) is 7.12. The van der Waals surface area contributed by atoms with Crippen LogP contribution >= 0.6 is 0 Å². The Kier molecular flexibility index (Phi) is 4.38. The lowest BCUT2D eigenvalue weighted by atomic mass is 10.1. The summed E-state index contributed by atoms with van der Waals surface area (Å²) in [6.45, 7) is 0.299. The third kappa shape index (κ3) is 3.58. The number of rotatable bonds is 4. The lowest BCUT2D eigenvalue weighted by Crippen LogP contribution is -2.23. The number of aromatic nitrogens is 2. The molecule has 0 atom stereocenters. The number of benzene rings is 1. The van der Waals surface area contributed by atoms with E-state index in [1.54, 1.807) is 24.7 Å². The molecule has 1 aromatic carbocycles. The van der Waals surface area contributed by atoms with Gasteiger partial charge in [0.2, 0.25) is 0 Å². The van der Waals surface area contributed by atoms with Gasteiger partial charge in [0.15, 0.2) is 0 Å². The summed E-state index contributed by atoms with van der Waals surface area (Å²) in [5, 5.41) is 2.79. The number of amides is 1. The highest BCUT2D eigenvalue weighted by atomic mass is 19.1. The van der Waals surface area contributed by atoms with Gasteiger partial charge in [-0.25, -0.2) is 4.39 Å². The largest absolute Gasteiger partial charge is 0.348 e. The van der Waals surface area contributed by atoms with Crippen molar-refractivity contribution in [1.29, 1.82) is 0 Å². The van der Waals surface area contributed by atoms with E-state index in [0.717, 1.165) is 16.8 Å². The summed E-state index contributed by atoms with van der Waals surface area (Å²) in [4.78, 5) is 20.6. The quantitative estimate of drug-likeness (QED) is 0.805. The molecule has 0 saturated heterocycles. The molecule has 3 aromatic rings. The van der Waals surface area contributed by atoms with Gasteiger partial charge < -0.3 is 5.32 Å². The third-order valence-electron chi connectivity index (χ3n) is 3.35. The van der Waals surface area contributed by atoms with Gasteiger partial charge in [0.1, 0.15) is 5.82 Å². The second kappa shape index (κ2) is 6.79. The Hall–Kier alpha value is -3.08. The molecule has 0 unspecified atom stereocenters. The Morgan fingerprint density at radius 2 is 1.96 bits per heavy atom. The summed E-state index contributed by atoms with van der Waals surface area (Å²) in [5.74, 6) is -0.763. The van der Waals surface area contributed by atoms with Crippen LogP contribution in [-0.4, -0.2) is 15.9 Å². The van der Waals surface area contributed by atoms with Crippen LogP contribution in [0.2, 0.25) is 0 Å². The standard InChI is InChI=1S/C18H14FN3O/c19-16-7-1-4-13(10-16)18(23)22-12-15-6-3-9-21-17(15)14-5-2-8-20-11-14/h1-11H,12H2,(H,22,23). The van der Waals surface area contributed by atoms with E-state index in [0.29, 0.717) is 6.54 Å². The van der Waals surface area contributed by atoms with Crippen LogP contribution in [0, 0.1) is 5.82 Å². The number of pyridine rings is 2. The zero-order valence-corrected chi connectivity index (χ0v) is 12.2. The summed E-state index contributed by atoms with van der Waals surface area (Å²) in [6, 6.07) is 13.0. The van der Waals surface area contributed by atoms with Gasteiger partial charge in [0.25, 0.3) is 5.91 Å². The predicted octanol–water partition coefficient (Wildman–Crippen LogP) is 3.21. The molecule has 0 spiro atoms. The molecule has 0 aliphatic rings. The number of hydrogen-bond acceptors (Lipinski definition) is 3. The van der Waals surface area contributed by atoms with Gasteiger partial charge in [-0.1, -0.05) is 12.1 Å². The van der Waals surface area contributed by atoms with Crippen LogP contribution in [0.1, 0.15) is 15.9 Å². The first kappa shape index (κ1) is 14.8. The predicted molar refractivity (Wildman–Crippen MR) is 85.0 cm³/mol. The second-order valence-corrected chi connectivity index (χ2v) is 4.95. The van der Waals surface area contributed by atoms with Crippen molar-refractivity contribution in [3.63, 3.8) is 0 Å². The van der Waals surface area contributed by atoms with Crippen molar-refractivity contribution in [1.82, 2.24) is 15.3 Å². The first-order valence-electron chi connectivity index (χ1n) is 7.12. The molecule has 3 rings (SSSR count). The highest BCUT2D eigenvalue weighted by Crippen LogP contribution is 2.19. The lowest BCUT2D eigenvalue weighted by molar-refractivity contribution is 0.0950. The number of halogens is 1. The smallest absolute Gasteiger partial charge is 0.251 e. The Bertz CT molecular complexity index is 821. The lowest BCUT2D eigenvalue weighted by Gasteiger charge is -2.10. The summed E-state index contributed by atoms with van der Waals surface area (Å²) in [5.41, 5.74) is 2.80. The molecule has 2 heterocycles. The number of nitrogens with one attached hydrogen (secondary N) is 1. The molecule has 1 N–H and O–H groups in total. The average Bonchev–Trinajstić information content (AvgIpc) is 2.60. The maximum atomic E-state index is 13.2. The fourth-order valence-electron chi connectivity index (χ4n) is 2.25. The van der Waals surface area contributed by atoms with Crippen molar-refractivity contribution >= 4 is 5.91 Å². The van der Waals surface area contributed by atoms with E-state index in [2.05, 4.69) is 15.3 Å². The second-order valence-electron chi connectivity index (χ2n) is 4.95. The van der Waals surface area contributed by atoms with Crippen LogP contribution in [-0.2, 0) is 6.54 Å². The minimum atomic E-state index is -0.435. The molecule has 23 heavy (non-hydrogen) atoms. The minimum absolute atomic E-state index is 0.289. The first-order chi connectivity index (χ1) is 11.2. The summed E-state index contributed by atoms with van der Waals surface area (Å²) < 4.78 is 13.2. The van der Waals surface area contributed by atoms with Crippen LogP contribution in [0.3, 0.4) is 0 Å². The molecular weight excluding hydrogens is 293 g/mol. The molecule has 114 valence electrons. The summed E-state index contributed by atoms with van der Waals surface area (Å²) in [7, 11) is 0. The van der Waals surface area contributed by atoms with Crippen molar-refractivity contribution in [2.45, 2.75) is 6.54 Å². The zero-order chi connectivity index (χ0) is 16.1.